The standard InChI is InChI=1S/C33H37N3O4.C2HF3O2/c1-34-18-25-10-11-26(19-34)36(25)32(37)24-12-23-13-27(40-2)16-28(20-6-4-3-5-7-20)31(23)30-14-21-8-9-22(33(38)39)15-29(21)35(30)17-24;3-2(4,5)1(6)7/h8-9,12-16,20,25-26H,3-7,10-11,17-19H2,1-2H3,(H,38,39);(H,6,7). The minimum absolute atomic E-state index is 0.109. The number of rotatable bonds is 4. The second kappa shape index (κ2) is 12.7. The number of likely N-dealkylation sites (tertiary alicyclic amines) is 1. The van der Waals surface area contributed by atoms with E-state index in [0.717, 1.165) is 77.8 Å². The lowest BCUT2D eigenvalue weighted by Crippen LogP contribution is -2.55. The van der Waals surface area contributed by atoms with Crippen LogP contribution in [0.4, 0.5) is 13.2 Å². The van der Waals surface area contributed by atoms with Crippen molar-refractivity contribution < 1.29 is 42.5 Å². The Morgan fingerprint density at radius 3 is 2.17 bits per heavy atom. The van der Waals surface area contributed by atoms with E-state index in [2.05, 4.69) is 45.7 Å². The Morgan fingerprint density at radius 1 is 0.915 bits per heavy atom. The molecule has 0 spiro atoms. The highest BCUT2D eigenvalue weighted by atomic mass is 19.4. The lowest BCUT2D eigenvalue weighted by atomic mass is 9.80. The van der Waals surface area contributed by atoms with E-state index in [4.69, 9.17) is 14.6 Å². The van der Waals surface area contributed by atoms with Gasteiger partial charge in [-0.25, -0.2) is 9.59 Å². The minimum atomic E-state index is -5.08. The summed E-state index contributed by atoms with van der Waals surface area (Å²) < 4.78 is 39.7. The molecule has 2 atom stereocenters. The number of fused-ring (bicyclic) bond motifs is 7. The zero-order chi connectivity index (χ0) is 33.6. The molecule has 1 aromatic heterocycles. The molecule has 7 rings (SSSR count). The Morgan fingerprint density at radius 2 is 1.57 bits per heavy atom. The summed E-state index contributed by atoms with van der Waals surface area (Å²) in [7, 11) is 3.86. The van der Waals surface area contributed by atoms with E-state index in [0.29, 0.717) is 12.5 Å². The Balaban J connectivity index is 0.000000499. The predicted octanol–water partition coefficient (Wildman–Crippen LogP) is 6.40. The highest BCUT2D eigenvalue weighted by Crippen LogP contribution is 2.46. The average molecular weight is 654 g/mol. The van der Waals surface area contributed by atoms with Gasteiger partial charge in [-0.2, -0.15) is 13.2 Å². The largest absolute Gasteiger partial charge is 0.497 e. The van der Waals surface area contributed by atoms with Crippen molar-refractivity contribution in [2.75, 3.05) is 27.2 Å². The normalized spacial score (nSPS) is 21.2. The highest BCUT2D eigenvalue weighted by Gasteiger charge is 2.43. The first-order valence-corrected chi connectivity index (χ1v) is 16.0. The number of carbonyl (C=O) groups excluding carboxylic acids is 1. The van der Waals surface area contributed by atoms with Crippen LogP contribution in [0.25, 0.3) is 28.2 Å². The average Bonchev–Trinajstić information content (AvgIpc) is 3.46. The Hall–Kier alpha value is -4.32. The minimum Gasteiger partial charge on any atom is -0.497 e. The summed E-state index contributed by atoms with van der Waals surface area (Å²) in [5, 5.41) is 17.9. The molecule has 2 aromatic carbocycles. The van der Waals surface area contributed by atoms with Gasteiger partial charge in [-0.3, -0.25) is 4.79 Å². The van der Waals surface area contributed by atoms with Crippen LogP contribution < -0.4 is 4.74 Å². The molecule has 47 heavy (non-hydrogen) atoms. The second-order valence-electron chi connectivity index (χ2n) is 13.0. The van der Waals surface area contributed by atoms with Crippen molar-refractivity contribution in [1.82, 2.24) is 14.4 Å². The van der Waals surface area contributed by atoms with Crippen LogP contribution in [-0.2, 0) is 16.1 Å². The number of methoxy groups -OCH3 is 1. The summed E-state index contributed by atoms with van der Waals surface area (Å²) in [5.41, 5.74) is 6.37. The maximum atomic E-state index is 14.4. The van der Waals surface area contributed by atoms with Crippen LogP contribution in [0.2, 0.25) is 0 Å². The van der Waals surface area contributed by atoms with Crippen molar-refractivity contribution in [3.8, 4) is 17.0 Å². The van der Waals surface area contributed by atoms with Gasteiger partial charge in [0.1, 0.15) is 5.75 Å². The zero-order valence-electron chi connectivity index (χ0n) is 26.3. The van der Waals surface area contributed by atoms with Gasteiger partial charge in [0.25, 0.3) is 5.91 Å². The van der Waals surface area contributed by atoms with E-state index in [-0.39, 0.29) is 23.6 Å². The fourth-order valence-electron chi connectivity index (χ4n) is 7.83. The van der Waals surface area contributed by atoms with Gasteiger partial charge in [-0.1, -0.05) is 25.3 Å². The van der Waals surface area contributed by atoms with Gasteiger partial charge in [0.05, 0.1) is 24.9 Å². The number of nitrogens with zero attached hydrogens (tertiary/aromatic N) is 3. The third-order valence-electron chi connectivity index (χ3n) is 9.94. The first-order chi connectivity index (χ1) is 22.3. The Labute approximate surface area is 270 Å². The number of ether oxygens (including phenoxy) is 1. The number of hydrogen-bond acceptors (Lipinski definition) is 5. The van der Waals surface area contributed by atoms with Crippen molar-refractivity contribution in [2.45, 2.75) is 75.7 Å². The first kappa shape index (κ1) is 32.6. The third kappa shape index (κ3) is 6.35. The molecule has 3 aromatic rings. The van der Waals surface area contributed by atoms with Gasteiger partial charge in [0, 0.05) is 47.2 Å². The molecule has 4 aliphatic rings. The van der Waals surface area contributed by atoms with Crippen LogP contribution in [0.5, 0.6) is 5.75 Å². The van der Waals surface area contributed by atoms with Crippen molar-refractivity contribution in [3.05, 3.63) is 58.7 Å². The molecule has 3 aliphatic heterocycles. The molecule has 1 amide bonds. The van der Waals surface area contributed by atoms with Crippen LogP contribution >= 0.6 is 0 Å². The van der Waals surface area contributed by atoms with Gasteiger partial charge < -0.3 is 29.3 Å². The van der Waals surface area contributed by atoms with Crippen molar-refractivity contribution in [2.24, 2.45) is 0 Å². The van der Waals surface area contributed by atoms with Crippen molar-refractivity contribution >= 4 is 34.8 Å². The van der Waals surface area contributed by atoms with Crippen LogP contribution in [0.3, 0.4) is 0 Å². The Bertz CT molecular complexity index is 1740. The second-order valence-corrected chi connectivity index (χ2v) is 13.0. The molecule has 1 aliphatic carbocycles. The Kier molecular flexibility index (Phi) is 8.82. The maximum absolute atomic E-state index is 14.4. The summed E-state index contributed by atoms with van der Waals surface area (Å²) in [6, 6.07) is 12.3. The van der Waals surface area contributed by atoms with E-state index < -0.39 is 18.1 Å². The van der Waals surface area contributed by atoms with Crippen molar-refractivity contribution in [3.63, 3.8) is 0 Å². The van der Waals surface area contributed by atoms with Gasteiger partial charge in [-0.15, -0.1) is 0 Å². The van der Waals surface area contributed by atoms with Crippen molar-refractivity contribution in [1.29, 1.82) is 0 Å². The molecule has 2 unspecified atom stereocenters. The molecular formula is C35H38F3N3O6. The van der Waals surface area contributed by atoms with E-state index in [9.17, 15) is 27.9 Å². The topological polar surface area (TPSA) is 112 Å². The van der Waals surface area contributed by atoms with Gasteiger partial charge in [-0.05, 0) is 86.2 Å². The molecule has 4 heterocycles. The number of piperazine rings is 1. The number of carboxylic acids is 2. The zero-order valence-corrected chi connectivity index (χ0v) is 26.3. The number of hydrogen-bond donors (Lipinski definition) is 2. The number of aromatic nitrogens is 1. The molecule has 2 bridgehead atoms. The lowest BCUT2D eigenvalue weighted by Gasteiger charge is -2.40. The lowest BCUT2D eigenvalue weighted by molar-refractivity contribution is -0.192. The number of amides is 1. The first-order valence-electron chi connectivity index (χ1n) is 16.0. The summed E-state index contributed by atoms with van der Waals surface area (Å²) in [5.74, 6) is -2.34. The van der Waals surface area contributed by atoms with E-state index in [1.165, 1.54) is 24.8 Å². The highest BCUT2D eigenvalue weighted by molar-refractivity contribution is 6.03. The predicted molar refractivity (Wildman–Crippen MR) is 170 cm³/mol. The van der Waals surface area contributed by atoms with Crippen LogP contribution in [0, 0.1) is 0 Å². The summed E-state index contributed by atoms with van der Waals surface area (Å²) in [6.45, 7) is 2.23. The molecule has 2 saturated heterocycles. The third-order valence-corrected chi connectivity index (χ3v) is 9.94. The van der Waals surface area contributed by atoms with Crippen LogP contribution in [0.1, 0.15) is 72.3 Å². The molecule has 3 fully saturated rings. The fraction of sp³-hybridized carbons (Fsp3) is 0.457. The summed E-state index contributed by atoms with van der Waals surface area (Å²) in [6.07, 6.45) is 5.10. The monoisotopic (exact) mass is 653 g/mol. The maximum Gasteiger partial charge on any atom is 0.490 e. The summed E-state index contributed by atoms with van der Waals surface area (Å²) in [4.78, 5) is 39.7. The molecule has 2 N–H and O–H groups in total. The van der Waals surface area contributed by atoms with Crippen LogP contribution in [-0.4, -0.2) is 87.9 Å². The number of carbonyl (C=O) groups is 3. The summed E-state index contributed by atoms with van der Waals surface area (Å²) >= 11 is 0. The molecule has 0 radical (unpaired) electrons. The molecular weight excluding hydrogens is 615 g/mol. The van der Waals surface area contributed by atoms with E-state index >= 15 is 0 Å². The number of likely N-dealkylation sites (N-methyl/N-ethyl adjacent to an activating group) is 1. The van der Waals surface area contributed by atoms with Gasteiger partial charge in [0.2, 0.25) is 0 Å². The number of benzene rings is 2. The molecule has 12 heteroatoms. The number of carboxylic acid groups (broad SMARTS) is 2. The smallest absolute Gasteiger partial charge is 0.490 e. The van der Waals surface area contributed by atoms with Crippen LogP contribution in [0.15, 0.2) is 42.0 Å². The van der Waals surface area contributed by atoms with E-state index in [1.807, 2.05) is 6.07 Å². The number of aromatic carboxylic acids is 1. The van der Waals surface area contributed by atoms with Gasteiger partial charge in [0.15, 0.2) is 0 Å². The molecule has 9 nitrogen and oxygen atoms in total. The van der Waals surface area contributed by atoms with E-state index in [1.54, 1.807) is 19.2 Å². The van der Waals surface area contributed by atoms with Gasteiger partial charge >= 0.3 is 18.1 Å². The molecule has 1 saturated carbocycles. The number of aliphatic carboxylic acids is 1. The number of alkyl halides is 3. The fourth-order valence-corrected chi connectivity index (χ4v) is 7.83. The SMILES string of the molecule is COc1cc2c(c(C3CCCCC3)c1)-c1cc3ccc(C(=O)O)cc3n1CC(C(=O)N1C3CCC1CN(C)C3)=C2.O=C(O)C(F)(F)F. The number of halogens is 3. The quantitative estimate of drug-likeness (QED) is 0.335. The molecule has 250 valence electrons.